The maximum Gasteiger partial charge on any atom is 0.157 e. The molecule has 0 unspecified atom stereocenters. The fourth-order valence-corrected chi connectivity index (χ4v) is 5.34. The maximum absolute atomic E-state index is 6.98. The van der Waals surface area contributed by atoms with Crippen molar-refractivity contribution in [3.63, 3.8) is 0 Å². The van der Waals surface area contributed by atoms with E-state index >= 15 is 0 Å². The van der Waals surface area contributed by atoms with Crippen molar-refractivity contribution in [3.8, 4) is 17.6 Å². The lowest BCUT2D eigenvalue weighted by molar-refractivity contribution is 0.0643. The van der Waals surface area contributed by atoms with Crippen LogP contribution in [0.5, 0.6) is 5.75 Å². The third-order valence-corrected chi connectivity index (χ3v) is 7.07. The summed E-state index contributed by atoms with van der Waals surface area (Å²) in [7, 11) is 0. The number of fused-ring (bicyclic) bond motifs is 1. The number of hydrogen-bond donors (Lipinski definition) is 0. The summed E-state index contributed by atoms with van der Waals surface area (Å²) in [5.74, 6) is 8.58. The van der Waals surface area contributed by atoms with Gasteiger partial charge < -0.3 is 4.74 Å². The molecule has 0 N–H and O–H groups in total. The largest absolute Gasteiger partial charge is 0.477 e. The molecule has 0 radical (unpaired) electrons. The fraction of sp³-hybridized carbons (Fsp3) is 0.290. The molecule has 1 fully saturated rings. The molecule has 2 aliphatic rings. The Morgan fingerprint density at radius 2 is 1.44 bits per heavy atom. The van der Waals surface area contributed by atoms with E-state index in [0.29, 0.717) is 5.92 Å². The van der Waals surface area contributed by atoms with Crippen molar-refractivity contribution in [2.75, 3.05) is 0 Å². The number of hydrogen-bond acceptors (Lipinski definition) is 1. The van der Waals surface area contributed by atoms with Gasteiger partial charge >= 0.3 is 0 Å². The SMILES string of the molecule is CC1=C(C#Cc2ccccc2)c2ccccc2O[C@@]1(CC1CCCCC1)c1ccccc1. The van der Waals surface area contributed by atoms with Crippen LogP contribution in [0.4, 0.5) is 0 Å². The second-order valence-corrected chi connectivity index (χ2v) is 9.12. The summed E-state index contributed by atoms with van der Waals surface area (Å²) in [4.78, 5) is 0. The summed E-state index contributed by atoms with van der Waals surface area (Å²) >= 11 is 0. The van der Waals surface area contributed by atoms with E-state index in [9.17, 15) is 0 Å². The zero-order chi connectivity index (χ0) is 21.8. The van der Waals surface area contributed by atoms with E-state index in [1.807, 2.05) is 18.2 Å². The van der Waals surface area contributed by atoms with E-state index in [-0.39, 0.29) is 0 Å². The summed E-state index contributed by atoms with van der Waals surface area (Å²) in [5.41, 5.74) is 5.24. The molecule has 1 heterocycles. The van der Waals surface area contributed by atoms with Gasteiger partial charge in [0.2, 0.25) is 0 Å². The average Bonchev–Trinajstić information content (AvgIpc) is 2.86. The molecule has 0 saturated heterocycles. The second-order valence-electron chi connectivity index (χ2n) is 9.12. The van der Waals surface area contributed by atoms with E-state index in [1.54, 1.807) is 0 Å². The minimum Gasteiger partial charge on any atom is -0.477 e. The van der Waals surface area contributed by atoms with Gasteiger partial charge in [-0.3, -0.25) is 0 Å². The van der Waals surface area contributed by atoms with E-state index in [2.05, 4.69) is 85.5 Å². The molecule has 1 aliphatic heterocycles. The van der Waals surface area contributed by atoms with Gasteiger partial charge in [-0.15, -0.1) is 0 Å². The van der Waals surface area contributed by atoms with Gasteiger partial charge in [0.1, 0.15) is 5.75 Å². The predicted octanol–water partition coefficient (Wildman–Crippen LogP) is 7.77. The number of allylic oxidation sites excluding steroid dienone is 1. The Kier molecular flexibility index (Phi) is 5.87. The van der Waals surface area contributed by atoms with Crippen LogP contribution in [0.2, 0.25) is 0 Å². The molecule has 3 aromatic rings. The smallest absolute Gasteiger partial charge is 0.157 e. The van der Waals surface area contributed by atoms with E-state index in [4.69, 9.17) is 4.74 Å². The molecule has 160 valence electrons. The Hall–Kier alpha value is -3.24. The lowest BCUT2D eigenvalue weighted by Crippen LogP contribution is -2.40. The van der Waals surface area contributed by atoms with Crippen molar-refractivity contribution in [2.24, 2.45) is 5.92 Å². The van der Waals surface area contributed by atoms with Crippen LogP contribution >= 0.6 is 0 Å². The first-order valence-corrected chi connectivity index (χ1v) is 11.9. The highest BCUT2D eigenvalue weighted by molar-refractivity contribution is 5.87. The van der Waals surface area contributed by atoms with Gasteiger partial charge in [0.15, 0.2) is 5.60 Å². The maximum atomic E-state index is 6.98. The van der Waals surface area contributed by atoms with Crippen LogP contribution in [-0.4, -0.2) is 0 Å². The summed E-state index contributed by atoms with van der Waals surface area (Å²) in [6, 6.07) is 29.4. The molecule has 1 aliphatic carbocycles. The van der Waals surface area contributed by atoms with Gasteiger partial charge in [0.05, 0.1) is 0 Å². The third-order valence-electron chi connectivity index (χ3n) is 7.07. The van der Waals surface area contributed by atoms with Crippen LogP contribution in [0.25, 0.3) is 5.57 Å². The van der Waals surface area contributed by atoms with Gasteiger partial charge in [0.25, 0.3) is 0 Å². The summed E-state index contributed by atoms with van der Waals surface area (Å²) in [6.45, 7) is 2.24. The lowest BCUT2D eigenvalue weighted by Gasteiger charge is -2.43. The molecule has 1 nitrogen and oxygen atoms in total. The minimum absolute atomic E-state index is 0.474. The molecule has 32 heavy (non-hydrogen) atoms. The van der Waals surface area contributed by atoms with E-state index in [1.165, 1.54) is 43.2 Å². The lowest BCUT2D eigenvalue weighted by atomic mass is 9.72. The van der Waals surface area contributed by atoms with E-state index < -0.39 is 5.60 Å². The normalized spacial score (nSPS) is 20.7. The molecule has 0 aromatic heterocycles. The molecule has 0 amide bonds. The molecule has 3 aromatic carbocycles. The Labute approximate surface area is 192 Å². The molecule has 1 saturated carbocycles. The number of benzene rings is 3. The first-order valence-electron chi connectivity index (χ1n) is 11.9. The number of rotatable bonds is 3. The number of para-hydroxylation sites is 1. The second kappa shape index (κ2) is 9.09. The first-order chi connectivity index (χ1) is 15.8. The predicted molar refractivity (Wildman–Crippen MR) is 132 cm³/mol. The van der Waals surface area contributed by atoms with Crippen LogP contribution in [-0.2, 0) is 5.60 Å². The van der Waals surface area contributed by atoms with Crippen molar-refractivity contribution in [1.29, 1.82) is 0 Å². The topological polar surface area (TPSA) is 9.23 Å². The van der Waals surface area contributed by atoms with Crippen molar-refractivity contribution in [2.45, 2.75) is 51.0 Å². The van der Waals surface area contributed by atoms with Crippen LogP contribution in [0.1, 0.15) is 62.1 Å². The highest BCUT2D eigenvalue weighted by Gasteiger charge is 2.43. The summed E-state index contributed by atoms with van der Waals surface area (Å²) in [5, 5.41) is 0. The van der Waals surface area contributed by atoms with Gasteiger partial charge in [0, 0.05) is 16.7 Å². The molecular weight excluding hydrogens is 388 g/mol. The molecule has 1 atom stereocenters. The van der Waals surface area contributed by atoms with Gasteiger partial charge in [-0.05, 0) is 54.7 Å². The summed E-state index contributed by atoms with van der Waals surface area (Å²) in [6.07, 6.45) is 7.61. The Bertz CT molecular complexity index is 1160. The Balaban J connectivity index is 1.68. The molecular formula is C31H30O. The van der Waals surface area contributed by atoms with Crippen LogP contribution in [0, 0.1) is 17.8 Å². The fourth-order valence-electron chi connectivity index (χ4n) is 5.34. The number of ether oxygens (including phenoxy) is 1. The Morgan fingerprint density at radius 1 is 0.781 bits per heavy atom. The average molecular weight is 419 g/mol. The van der Waals surface area contributed by atoms with Crippen molar-refractivity contribution in [3.05, 3.63) is 107 Å². The minimum atomic E-state index is -0.474. The quantitative estimate of drug-likeness (QED) is 0.395. The van der Waals surface area contributed by atoms with Crippen molar-refractivity contribution < 1.29 is 4.74 Å². The van der Waals surface area contributed by atoms with Crippen molar-refractivity contribution in [1.82, 2.24) is 0 Å². The van der Waals surface area contributed by atoms with E-state index in [0.717, 1.165) is 28.9 Å². The molecule has 1 heteroatoms. The van der Waals surface area contributed by atoms with Gasteiger partial charge in [-0.25, -0.2) is 0 Å². The molecule has 0 spiro atoms. The zero-order valence-electron chi connectivity index (χ0n) is 18.8. The zero-order valence-corrected chi connectivity index (χ0v) is 18.8. The van der Waals surface area contributed by atoms with Gasteiger partial charge in [-0.2, -0.15) is 0 Å². The van der Waals surface area contributed by atoms with Crippen LogP contribution in [0.3, 0.4) is 0 Å². The third kappa shape index (κ3) is 3.98. The summed E-state index contributed by atoms with van der Waals surface area (Å²) < 4.78 is 6.98. The Morgan fingerprint density at radius 3 is 2.19 bits per heavy atom. The standard InChI is InChI=1S/C31H30O/c1-24-28(22-21-25-13-5-2-6-14-25)29-19-11-12-20-30(29)32-31(24,27-17-9-4-10-18-27)23-26-15-7-3-8-16-26/h2,4-6,9-14,17-20,26H,3,7-8,15-16,23H2,1H3/t31-/m1/s1. The highest BCUT2D eigenvalue weighted by Crippen LogP contribution is 2.50. The van der Waals surface area contributed by atoms with Crippen LogP contribution < -0.4 is 4.74 Å². The van der Waals surface area contributed by atoms with Crippen LogP contribution in [0.15, 0.2) is 90.5 Å². The first kappa shape index (κ1) is 20.7. The monoisotopic (exact) mass is 418 g/mol. The van der Waals surface area contributed by atoms with Gasteiger partial charge in [-0.1, -0.05) is 105 Å². The molecule has 0 bridgehead atoms. The molecule has 5 rings (SSSR count). The van der Waals surface area contributed by atoms with Crippen molar-refractivity contribution >= 4 is 5.57 Å². The highest BCUT2D eigenvalue weighted by atomic mass is 16.5.